The molecule has 2 atom stereocenters. The van der Waals surface area contributed by atoms with Crippen molar-refractivity contribution in [1.82, 2.24) is 5.32 Å². The van der Waals surface area contributed by atoms with Gasteiger partial charge in [0.25, 0.3) is 5.91 Å². The van der Waals surface area contributed by atoms with Crippen molar-refractivity contribution in [3.8, 4) is 5.75 Å². The number of benzene rings is 2. The van der Waals surface area contributed by atoms with E-state index in [-0.39, 0.29) is 25.1 Å². The highest BCUT2D eigenvalue weighted by atomic mass is 19.1. The van der Waals surface area contributed by atoms with Crippen LogP contribution in [0.25, 0.3) is 0 Å². The zero-order chi connectivity index (χ0) is 23.1. The van der Waals surface area contributed by atoms with Crippen molar-refractivity contribution in [2.75, 3.05) is 13.2 Å². The van der Waals surface area contributed by atoms with Crippen molar-refractivity contribution in [1.29, 1.82) is 0 Å². The van der Waals surface area contributed by atoms with E-state index in [2.05, 4.69) is 16.9 Å². The number of halogens is 2. The van der Waals surface area contributed by atoms with E-state index in [0.717, 1.165) is 12.1 Å². The van der Waals surface area contributed by atoms with Crippen LogP contribution in [0.2, 0.25) is 0 Å². The molecule has 0 spiro atoms. The second kappa shape index (κ2) is 10.4. The van der Waals surface area contributed by atoms with Gasteiger partial charge in [0.15, 0.2) is 5.54 Å². The van der Waals surface area contributed by atoms with Gasteiger partial charge in [0.1, 0.15) is 23.5 Å². The van der Waals surface area contributed by atoms with Crippen molar-refractivity contribution >= 4 is 11.8 Å². The molecule has 1 aliphatic heterocycles. The molecule has 2 aromatic carbocycles. The minimum atomic E-state index is -1.26. The van der Waals surface area contributed by atoms with Gasteiger partial charge in [0.05, 0.1) is 6.61 Å². The zero-order valence-corrected chi connectivity index (χ0v) is 17.8. The highest BCUT2D eigenvalue weighted by Gasteiger charge is 2.49. The quantitative estimate of drug-likeness (QED) is 0.434. The Labute approximate surface area is 185 Å². The number of amides is 1. The summed E-state index contributed by atoms with van der Waals surface area (Å²) >= 11 is 0. The van der Waals surface area contributed by atoms with E-state index in [4.69, 9.17) is 14.6 Å². The predicted molar refractivity (Wildman–Crippen MR) is 116 cm³/mol. The molecule has 8 heteroatoms. The molecule has 6 nitrogen and oxygen atoms in total. The summed E-state index contributed by atoms with van der Waals surface area (Å²) < 4.78 is 38.5. The van der Waals surface area contributed by atoms with Gasteiger partial charge in [0.2, 0.25) is 5.90 Å². The third kappa shape index (κ3) is 5.13. The van der Waals surface area contributed by atoms with Gasteiger partial charge in [-0.3, -0.25) is 4.79 Å². The first-order chi connectivity index (χ1) is 15.4. The van der Waals surface area contributed by atoms with Crippen molar-refractivity contribution in [2.24, 2.45) is 4.99 Å². The predicted octanol–water partition coefficient (Wildman–Crippen LogP) is 3.52. The molecule has 3 rings (SSSR count). The number of rotatable bonds is 10. The number of hydrogen-bond acceptors (Lipinski definition) is 5. The zero-order valence-electron chi connectivity index (χ0n) is 17.8. The van der Waals surface area contributed by atoms with Gasteiger partial charge in [0, 0.05) is 43.2 Å². The number of aliphatic hydroxyl groups is 1. The summed E-state index contributed by atoms with van der Waals surface area (Å²) in [5.41, 5.74) is -0.417. The van der Waals surface area contributed by atoms with Crippen molar-refractivity contribution in [2.45, 2.75) is 38.0 Å². The van der Waals surface area contributed by atoms with Crippen LogP contribution in [0.1, 0.15) is 30.9 Å². The Hall–Kier alpha value is -3.26. The van der Waals surface area contributed by atoms with Crippen LogP contribution >= 0.6 is 0 Å². The van der Waals surface area contributed by atoms with Gasteiger partial charge in [-0.1, -0.05) is 12.1 Å². The van der Waals surface area contributed by atoms with Gasteiger partial charge in [-0.05, 0) is 37.3 Å². The molecule has 0 unspecified atom stereocenters. The van der Waals surface area contributed by atoms with Crippen molar-refractivity contribution < 1.29 is 28.2 Å². The molecule has 0 saturated carbocycles. The Morgan fingerprint density at radius 2 is 2.06 bits per heavy atom. The molecule has 0 saturated heterocycles. The summed E-state index contributed by atoms with van der Waals surface area (Å²) in [4.78, 5) is 17.7. The van der Waals surface area contributed by atoms with Crippen LogP contribution in [-0.2, 0) is 16.1 Å². The fourth-order valence-corrected chi connectivity index (χ4v) is 3.40. The van der Waals surface area contributed by atoms with E-state index < -0.39 is 29.2 Å². The highest BCUT2D eigenvalue weighted by Crippen LogP contribution is 2.33. The maximum Gasteiger partial charge on any atom is 0.252 e. The smallest absolute Gasteiger partial charge is 0.252 e. The number of ether oxygens (including phenoxy) is 2. The third-order valence-corrected chi connectivity index (χ3v) is 5.24. The third-order valence-electron chi connectivity index (χ3n) is 5.24. The number of carbonyl (C=O) groups excluding carboxylic acids is 1. The minimum Gasteiger partial charge on any atom is -0.494 e. The van der Waals surface area contributed by atoms with E-state index in [1.807, 2.05) is 0 Å². The van der Waals surface area contributed by atoms with Gasteiger partial charge in [-0.25, -0.2) is 13.8 Å². The molecule has 2 aromatic rings. The van der Waals surface area contributed by atoms with Crippen molar-refractivity contribution in [3.63, 3.8) is 0 Å². The average molecular weight is 444 g/mol. The lowest BCUT2D eigenvalue weighted by Crippen LogP contribution is -2.50. The SMILES string of the molecule is C=CC[C@@]1(C(=O)NCc2ccc(F)cc2F)N=C(c2ccc(OCCCO)cc2)O[C@@H]1C. The molecular weight excluding hydrogens is 418 g/mol. The van der Waals surface area contributed by atoms with E-state index in [1.165, 1.54) is 6.07 Å². The molecule has 2 N–H and O–H groups in total. The van der Waals surface area contributed by atoms with E-state index in [0.29, 0.717) is 30.2 Å². The topological polar surface area (TPSA) is 80.2 Å². The summed E-state index contributed by atoms with van der Waals surface area (Å²) in [6.07, 6.45) is 1.75. The van der Waals surface area contributed by atoms with Crippen LogP contribution in [0.15, 0.2) is 60.1 Å². The Balaban J connectivity index is 1.77. The Morgan fingerprint density at radius 3 is 2.72 bits per heavy atom. The largest absolute Gasteiger partial charge is 0.494 e. The maximum atomic E-state index is 13.9. The highest BCUT2D eigenvalue weighted by molar-refractivity contribution is 6.00. The van der Waals surface area contributed by atoms with Gasteiger partial charge >= 0.3 is 0 Å². The Bertz CT molecular complexity index is 994. The first-order valence-electron chi connectivity index (χ1n) is 10.3. The first-order valence-corrected chi connectivity index (χ1v) is 10.3. The molecule has 1 amide bonds. The van der Waals surface area contributed by atoms with Gasteiger partial charge in [-0.15, -0.1) is 6.58 Å². The second-order valence-electron chi connectivity index (χ2n) is 7.46. The van der Waals surface area contributed by atoms with Gasteiger partial charge < -0.3 is 19.9 Å². The monoisotopic (exact) mass is 444 g/mol. The fourth-order valence-electron chi connectivity index (χ4n) is 3.40. The molecule has 0 aromatic heterocycles. The van der Waals surface area contributed by atoms with E-state index >= 15 is 0 Å². The fraction of sp³-hybridized carbons (Fsp3) is 0.333. The van der Waals surface area contributed by atoms with Crippen LogP contribution < -0.4 is 10.1 Å². The molecule has 32 heavy (non-hydrogen) atoms. The van der Waals surface area contributed by atoms with Crippen LogP contribution in [0.4, 0.5) is 8.78 Å². The number of carbonyl (C=O) groups is 1. The Kier molecular flexibility index (Phi) is 7.58. The van der Waals surface area contributed by atoms with Crippen LogP contribution in [0.5, 0.6) is 5.75 Å². The molecule has 1 heterocycles. The lowest BCUT2D eigenvalue weighted by Gasteiger charge is -2.26. The van der Waals surface area contributed by atoms with Crippen molar-refractivity contribution in [3.05, 3.63) is 77.9 Å². The van der Waals surface area contributed by atoms with E-state index in [9.17, 15) is 13.6 Å². The standard InChI is InChI=1S/C24H26F2N2O4/c1-3-11-24(23(30)27-15-18-5-8-19(25)14-21(18)26)16(2)32-22(28-24)17-6-9-20(10-7-17)31-13-4-12-29/h3,5-10,14,16,29H,1,4,11-13,15H2,2H3,(H,27,30)/t16-,24-/m1/s1. The lowest BCUT2D eigenvalue weighted by molar-refractivity contribution is -0.128. The number of nitrogens with one attached hydrogen (secondary N) is 1. The lowest BCUT2D eigenvalue weighted by atomic mass is 9.89. The average Bonchev–Trinajstić information content (AvgIpc) is 3.11. The molecule has 0 bridgehead atoms. The summed E-state index contributed by atoms with van der Waals surface area (Å²) in [7, 11) is 0. The summed E-state index contributed by atoms with van der Waals surface area (Å²) in [6, 6.07) is 10.3. The number of aliphatic hydroxyl groups excluding tert-OH is 1. The Morgan fingerprint density at radius 1 is 1.31 bits per heavy atom. The minimum absolute atomic E-state index is 0.0574. The molecule has 0 fully saturated rings. The molecular formula is C24H26F2N2O4. The number of aliphatic imine (C=N–C) groups is 1. The molecule has 170 valence electrons. The summed E-state index contributed by atoms with van der Waals surface area (Å²) in [5.74, 6) is -0.899. The van der Waals surface area contributed by atoms with E-state index in [1.54, 1.807) is 37.3 Å². The molecule has 0 radical (unpaired) electrons. The molecule has 1 aliphatic rings. The van der Waals surface area contributed by atoms with Crippen LogP contribution in [0, 0.1) is 11.6 Å². The number of hydrogen-bond donors (Lipinski definition) is 2. The molecule has 0 aliphatic carbocycles. The normalized spacial score (nSPS) is 19.8. The first kappa shape index (κ1) is 23.4. The number of nitrogens with zero attached hydrogens (tertiary/aromatic N) is 1. The maximum absolute atomic E-state index is 13.9. The van der Waals surface area contributed by atoms with Crippen LogP contribution in [0.3, 0.4) is 0 Å². The summed E-state index contributed by atoms with van der Waals surface area (Å²) in [6.45, 7) is 5.82. The second-order valence-corrected chi connectivity index (χ2v) is 7.46. The van der Waals surface area contributed by atoms with Crippen LogP contribution in [-0.4, -0.2) is 41.8 Å². The van der Waals surface area contributed by atoms with Gasteiger partial charge in [-0.2, -0.15) is 0 Å². The summed E-state index contributed by atoms with van der Waals surface area (Å²) in [5, 5.41) is 11.5.